The highest BCUT2D eigenvalue weighted by atomic mass is 32.2. The monoisotopic (exact) mass is 342 g/mol. The molecule has 0 heterocycles. The Morgan fingerprint density at radius 1 is 0.773 bits per heavy atom. The first-order chi connectivity index (χ1) is 10.4. The average molecular weight is 342 g/mol. The lowest BCUT2D eigenvalue weighted by Gasteiger charge is -2.08. The Hall–Kier alpha value is -2.14. The van der Waals surface area contributed by atoms with Crippen LogP contribution in [0.1, 0.15) is 20.7 Å². The Morgan fingerprint density at radius 2 is 1.14 bits per heavy atom. The Bertz CT molecular complexity index is 734. The van der Waals surface area contributed by atoms with Crippen LogP contribution in [0.5, 0.6) is 0 Å². The van der Waals surface area contributed by atoms with E-state index in [1.165, 1.54) is 36.4 Å². The first-order valence-corrected chi connectivity index (χ1v) is 7.54. The molecule has 2 atom stereocenters. The van der Waals surface area contributed by atoms with E-state index in [1.54, 1.807) is 0 Å². The van der Waals surface area contributed by atoms with Gasteiger partial charge in [0, 0.05) is 0 Å². The van der Waals surface area contributed by atoms with E-state index in [0.29, 0.717) is 10.8 Å². The molecular formula is C12H6O8S2-2. The molecule has 0 fully saturated rings. The van der Waals surface area contributed by atoms with Gasteiger partial charge < -0.3 is 17.5 Å². The molecule has 0 saturated heterocycles. The minimum atomic E-state index is -2.96. The quantitative estimate of drug-likeness (QED) is 0.743. The normalized spacial score (nSPS) is 13.4. The highest BCUT2D eigenvalue weighted by Gasteiger charge is 2.11. The molecule has 0 bridgehead atoms. The molecule has 0 aliphatic heterocycles. The third kappa shape index (κ3) is 3.95. The second kappa shape index (κ2) is 6.75. The molecule has 0 aromatic heterocycles. The van der Waals surface area contributed by atoms with Gasteiger partial charge in [0.15, 0.2) is 0 Å². The van der Waals surface area contributed by atoms with Gasteiger partial charge in [-0.2, -0.15) is 0 Å². The summed E-state index contributed by atoms with van der Waals surface area (Å²) >= 11 is -5.93. The number of rotatable bonds is 4. The van der Waals surface area contributed by atoms with Gasteiger partial charge >= 0.3 is 11.9 Å². The minimum Gasteiger partial charge on any atom is -0.740 e. The van der Waals surface area contributed by atoms with E-state index in [4.69, 9.17) is 0 Å². The second-order valence-electron chi connectivity index (χ2n) is 3.93. The van der Waals surface area contributed by atoms with Crippen molar-refractivity contribution < 1.29 is 35.5 Å². The molecule has 2 aromatic rings. The van der Waals surface area contributed by atoms with Gasteiger partial charge in [0.05, 0.1) is 11.1 Å². The Balaban J connectivity index is 2.33. The number of hydrogen-bond acceptors (Lipinski definition) is 8. The standard InChI is InChI=1S/C12H8O8S2/c13-11(19-21(15)16)9-3-1-7-5-10(4-2-8(7)6-9)12(14)20-22(17)18/h1-6H,(H,15,16)(H,17,18)/p-2. The summed E-state index contributed by atoms with van der Waals surface area (Å²) < 4.78 is 49.3. The summed E-state index contributed by atoms with van der Waals surface area (Å²) in [6, 6.07) is 8.24. The third-order valence-corrected chi connectivity index (χ3v) is 3.17. The van der Waals surface area contributed by atoms with E-state index in [1.807, 2.05) is 0 Å². The van der Waals surface area contributed by atoms with Crippen molar-refractivity contribution >= 4 is 45.4 Å². The smallest absolute Gasteiger partial charge is 0.351 e. The van der Waals surface area contributed by atoms with Crippen LogP contribution in [0.25, 0.3) is 10.8 Å². The zero-order valence-corrected chi connectivity index (χ0v) is 12.2. The Labute approximate surface area is 129 Å². The van der Waals surface area contributed by atoms with E-state index < -0.39 is 34.7 Å². The fourth-order valence-electron chi connectivity index (χ4n) is 1.72. The minimum absolute atomic E-state index is 0.00712. The SMILES string of the molecule is O=C(OS(=O)[O-])c1ccc2cc(C(=O)OS(=O)[O-])ccc2c1. The molecule has 2 rings (SSSR count). The van der Waals surface area contributed by atoms with E-state index in [2.05, 4.69) is 8.37 Å². The second-order valence-corrected chi connectivity index (χ2v) is 5.08. The highest BCUT2D eigenvalue weighted by molar-refractivity contribution is 7.74. The van der Waals surface area contributed by atoms with Gasteiger partial charge in [-0.15, -0.1) is 0 Å². The van der Waals surface area contributed by atoms with Gasteiger partial charge in [-0.1, -0.05) is 12.1 Å². The van der Waals surface area contributed by atoms with Crippen LogP contribution < -0.4 is 0 Å². The van der Waals surface area contributed by atoms with E-state index in [-0.39, 0.29) is 11.1 Å². The van der Waals surface area contributed by atoms with Crippen LogP contribution >= 0.6 is 0 Å². The molecule has 8 nitrogen and oxygen atoms in total. The summed E-state index contributed by atoms with van der Waals surface area (Å²) in [6.07, 6.45) is 0. The first kappa shape index (κ1) is 16.2. The molecule has 0 spiro atoms. The van der Waals surface area contributed by atoms with Crippen molar-refractivity contribution in [3.8, 4) is 0 Å². The Morgan fingerprint density at radius 3 is 1.45 bits per heavy atom. The van der Waals surface area contributed by atoms with Crippen molar-refractivity contribution in [3.63, 3.8) is 0 Å². The van der Waals surface area contributed by atoms with Crippen molar-refractivity contribution in [2.45, 2.75) is 0 Å². The molecule has 0 amide bonds. The van der Waals surface area contributed by atoms with E-state index in [0.717, 1.165) is 0 Å². The molecule has 0 aliphatic carbocycles. The molecule has 0 saturated carbocycles. The molecular weight excluding hydrogens is 336 g/mol. The fraction of sp³-hybridized carbons (Fsp3) is 0. The van der Waals surface area contributed by atoms with Crippen LogP contribution in [0.3, 0.4) is 0 Å². The van der Waals surface area contributed by atoms with E-state index in [9.17, 15) is 27.1 Å². The molecule has 116 valence electrons. The lowest BCUT2D eigenvalue weighted by Crippen LogP contribution is -2.08. The molecule has 0 radical (unpaired) electrons. The predicted molar refractivity (Wildman–Crippen MR) is 72.6 cm³/mol. The van der Waals surface area contributed by atoms with Crippen molar-refractivity contribution in [2.24, 2.45) is 0 Å². The van der Waals surface area contributed by atoms with Gasteiger partial charge in [-0.3, -0.25) is 0 Å². The van der Waals surface area contributed by atoms with Gasteiger partial charge in [-0.25, -0.2) is 18.0 Å². The lowest BCUT2D eigenvalue weighted by molar-refractivity contribution is 0.0730. The average Bonchev–Trinajstić information content (AvgIpc) is 2.44. The first-order valence-electron chi connectivity index (χ1n) is 5.54. The van der Waals surface area contributed by atoms with Gasteiger partial charge in [-0.05, 0) is 35.0 Å². The van der Waals surface area contributed by atoms with Crippen molar-refractivity contribution in [2.75, 3.05) is 0 Å². The van der Waals surface area contributed by atoms with Crippen molar-refractivity contribution in [1.29, 1.82) is 0 Å². The summed E-state index contributed by atoms with van der Waals surface area (Å²) in [6.45, 7) is 0. The van der Waals surface area contributed by atoms with Gasteiger partial charge in [0.2, 0.25) is 0 Å². The summed E-state index contributed by atoms with van der Waals surface area (Å²) in [5, 5.41) is 1.04. The largest absolute Gasteiger partial charge is 0.740 e. The molecule has 0 aliphatic rings. The number of hydrogen-bond donors (Lipinski definition) is 0. The predicted octanol–water partition coefficient (Wildman–Crippen LogP) is 0.742. The summed E-state index contributed by atoms with van der Waals surface area (Å²) in [5.74, 6) is -2.08. The van der Waals surface area contributed by atoms with Crippen LogP contribution in [0.2, 0.25) is 0 Å². The van der Waals surface area contributed by atoms with Crippen LogP contribution in [-0.2, 0) is 31.1 Å². The van der Waals surface area contributed by atoms with E-state index >= 15 is 0 Å². The van der Waals surface area contributed by atoms with Crippen molar-refractivity contribution in [1.82, 2.24) is 0 Å². The third-order valence-electron chi connectivity index (χ3n) is 2.60. The number of carbonyl (C=O) groups excluding carboxylic acids is 2. The maximum Gasteiger partial charge on any atom is 0.351 e. The lowest BCUT2D eigenvalue weighted by atomic mass is 10.0. The molecule has 22 heavy (non-hydrogen) atoms. The zero-order chi connectivity index (χ0) is 16.3. The van der Waals surface area contributed by atoms with Crippen LogP contribution in [-0.4, -0.2) is 29.5 Å². The fourth-order valence-corrected chi connectivity index (χ4v) is 2.16. The maximum absolute atomic E-state index is 11.4. The Kier molecular flexibility index (Phi) is 4.98. The number of carbonyl (C=O) groups is 2. The van der Waals surface area contributed by atoms with Crippen LogP contribution in [0.4, 0.5) is 0 Å². The molecule has 2 unspecified atom stereocenters. The van der Waals surface area contributed by atoms with Crippen molar-refractivity contribution in [3.05, 3.63) is 47.5 Å². The number of fused-ring (bicyclic) bond motifs is 1. The van der Waals surface area contributed by atoms with Crippen LogP contribution in [0, 0.1) is 0 Å². The maximum atomic E-state index is 11.4. The van der Waals surface area contributed by atoms with Crippen LogP contribution in [0.15, 0.2) is 36.4 Å². The molecule has 10 heteroatoms. The summed E-state index contributed by atoms with van der Waals surface area (Å²) in [7, 11) is 0. The summed E-state index contributed by atoms with van der Waals surface area (Å²) in [5.41, 5.74) is 0.0142. The molecule has 0 N–H and O–H groups in total. The molecule has 2 aromatic carbocycles. The van der Waals surface area contributed by atoms with Gasteiger partial charge in [0.25, 0.3) is 0 Å². The number of benzene rings is 2. The topological polar surface area (TPSA) is 133 Å². The zero-order valence-electron chi connectivity index (χ0n) is 10.5. The summed E-state index contributed by atoms with van der Waals surface area (Å²) in [4.78, 5) is 22.9. The highest BCUT2D eigenvalue weighted by Crippen LogP contribution is 2.19. The van der Waals surface area contributed by atoms with Gasteiger partial charge in [0.1, 0.15) is 22.7 Å².